The molecule has 1 aromatic rings. The van der Waals surface area contributed by atoms with Gasteiger partial charge >= 0.3 is 0 Å². The third-order valence-electron chi connectivity index (χ3n) is 3.78. The Balaban J connectivity index is 1.96. The summed E-state index contributed by atoms with van der Waals surface area (Å²) in [5.41, 5.74) is 2.23. The molecule has 2 rings (SSSR count). The van der Waals surface area contributed by atoms with Gasteiger partial charge in [-0.15, -0.1) is 0 Å². The number of amides is 1. The Morgan fingerprint density at radius 3 is 2.74 bits per heavy atom. The van der Waals surface area contributed by atoms with Crippen LogP contribution in [0, 0.1) is 0 Å². The molecule has 1 atom stereocenters. The number of benzene rings is 1. The summed E-state index contributed by atoms with van der Waals surface area (Å²) in [6.07, 6.45) is 2.03. The zero-order chi connectivity index (χ0) is 16.9. The van der Waals surface area contributed by atoms with Crippen LogP contribution >= 0.6 is 0 Å². The van der Waals surface area contributed by atoms with Crippen LogP contribution in [0.25, 0.3) is 0 Å². The van der Waals surface area contributed by atoms with E-state index in [4.69, 9.17) is 9.47 Å². The molecule has 0 saturated carbocycles. The Labute approximate surface area is 137 Å². The number of carbonyl (C=O) groups excluding carboxylic acids is 1. The van der Waals surface area contributed by atoms with E-state index >= 15 is 0 Å². The quantitative estimate of drug-likeness (QED) is 0.723. The van der Waals surface area contributed by atoms with E-state index in [1.54, 1.807) is 12.1 Å². The Hall–Kier alpha value is -1.44. The molecule has 0 heterocycles. The molecule has 0 aromatic heterocycles. The number of hydrogen-bond donors (Lipinski definition) is 1. The molecule has 1 aromatic carbocycles. The molecule has 0 spiro atoms. The number of fused-ring (bicyclic) bond motifs is 1. The van der Waals surface area contributed by atoms with Crippen molar-refractivity contribution in [2.45, 2.75) is 44.1 Å². The first-order valence-electron chi connectivity index (χ1n) is 7.82. The minimum absolute atomic E-state index is 0.119. The summed E-state index contributed by atoms with van der Waals surface area (Å²) in [6.45, 7) is 4.54. The van der Waals surface area contributed by atoms with Crippen molar-refractivity contribution < 1.29 is 22.7 Å². The molecule has 1 aliphatic carbocycles. The highest BCUT2D eigenvalue weighted by Crippen LogP contribution is 2.24. The van der Waals surface area contributed by atoms with Gasteiger partial charge in [0.1, 0.15) is 6.10 Å². The van der Waals surface area contributed by atoms with E-state index in [-0.39, 0.29) is 11.5 Å². The summed E-state index contributed by atoms with van der Waals surface area (Å²) in [4.78, 5) is 12.1. The fourth-order valence-corrected chi connectivity index (χ4v) is 3.59. The van der Waals surface area contributed by atoms with Gasteiger partial charge in [-0.05, 0) is 56.4 Å². The normalized spacial score (nSPS) is 15.2. The Morgan fingerprint density at radius 1 is 1.26 bits per heavy atom. The highest BCUT2D eigenvalue weighted by molar-refractivity contribution is 7.90. The molecule has 0 fully saturated rings. The van der Waals surface area contributed by atoms with Gasteiger partial charge in [-0.1, -0.05) is 6.07 Å². The highest BCUT2D eigenvalue weighted by Gasteiger charge is 2.23. The van der Waals surface area contributed by atoms with Crippen molar-refractivity contribution in [2.75, 3.05) is 19.8 Å². The van der Waals surface area contributed by atoms with Gasteiger partial charge in [0.05, 0.1) is 18.1 Å². The Morgan fingerprint density at radius 2 is 2.00 bits per heavy atom. The van der Waals surface area contributed by atoms with Crippen LogP contribution in [0.5, 0.6) is 0 Å². The fourth-order valence-electron chi connectivity index (χ4n) is 2.49. The molecule has 0 unspecified atom stereocenters. The number of sulfonamides is 1. The van der Waals surface area contributed by atoms with Crippen LogP contribution in [0.4, 0.5) is 0 Å². The summed E-state index contributed by atoms with van der Waals surface area (Å²) in [5, 5.41) is 0. The molecular weight excluding hydrogens is 318 g/mol. The third kappa shape index (κ3) is 4.76. The highest BCUT2D eigenvalue weighted by atomic mass is 32.2. The van der Waals surface area contributed by atoms with E-state index in [0.29, 0.717) is 13.2 Å². The number of hydrogen-bond acceptors (Lipinski definition) is 5. The van der Waals surface area contributed by atoms with Gasteiger partial charge in [0.2, 0.25) is 0 Å². The lowest BCUT2D eigenvalue weighted by Crippen LogP contribution is -2.39. The average Bonchev–Trinajstić information content (AvgIpc) is 2.98. The maximum absolute atomic E-state index is 12.3. The zero-order valence-corrected chi connectivity index (χ0v) is 14.3. The number of nitrogens with one attached hydrogen (secondary N) is 1. The lowest BCUT2D eigenvalue weighted by Gasteiger charge is -2.14. The topological polar surface area (TPSA) is 81.7 Å². The van der Waals surface area contributed by atoms with Crippen LogP contribution in [0.15, 0.2) is 23.1 Å². The maximum Gasteiger partial charge on any atom is 0.264 e. The lowest BCUT2D eigenvalue weighted by atomic mass is 10.1. The van der Waals surface area contributed by atoms with E-state index in [9.17, 15) is 13.2 Å². The van der Waals surface area contributed by atoms with Crippen molar-refractivity contribution in [3.8, 4) is 0 Å². The summed E-state index contributed by atoms with van der Waals surface area (Å²) < 4.78 is 37.1. The van der Waals surface area contributed by atoms with Crippen LogP contribution in [-0.2, 0) is 37.1 Å². The second-order valence-electron chi connectivity index (χ2n) is 5.46. The molecule has 23 heavy (non-hydrogen) atoms. The molecule has 0 bridgehead atoms. The van der Waals surface area contributed by atoms with Crippen LogP contribution < -0.4 is 4.72 Å². The summed E-state index contributed by atoms with van der Waals surface area (Å²) >= 11 is 0. The molecule has 1 aliphatic rings. The van der Waals surface area contributed by atoms with Gasteiger partial charge < -0.3 is 9.47 Å². The Kier molecular flexibility index (Phi) is 6.15. The number of ether oxygens (including phenoxy) is 2. The van der Waals surface area contributed by atoms with Crippen molar-refractivity contribution >= 4 is 15.9 Å². The molecular formula is C16H23NO5S. The molecule has 7 heteroatoms. The largest absolute Gasteiger partial charge is 0.379 e. The van der Waals surface area contributed by atoms with Gasteiger partial charge in [0, 0.05) is 6.61 Å². The van der Waals surface area contributed by atoms with Crippen LogP contribution in [-0.4, -0.2) is 40.2 Å². The molecule has 1 N–H and O–H groups in total. The third-order valence-corrected chi connectivity index (χ3v) is 5.13. The smallest absolute Gasteiger partial charge is 0.264 e. The van der Waals surface area contributed by atoms with Crippen molar-refractivity contribution in [2.24, 2.45) is 0 Å². The molecule has 1 amide bonds. The summed E-state index contributed by atoms with van der Waals surface area (Å²) in [5.74, 6) is -0.679. The fraction of sp³-hybridized carbons (Fsp3) is 0.562. The monoisotopic (exact) mass is 341 g/mol. The lowest BCUT2D eigenvalue weighted by molar-refractivity contribution is -0.130. The van der Waals surface area contributed by atoms with Crippen molar-refractivity contribution in [1.82, 2.24) is 4.72 Å². The summed E-state index contributed by atoms with van der Waals surface area (Å²) in [7, 11) is -3.87. The van der Waals surface area contributed by atoms with Gasteiger partial charge in [-0.3, -0.25) is 4.79 Å². The van der Waals surface area contributed by atoms with E-state index in [0.717, 1.165) is 24.8 Å². The molecule has 0 radical (unpaired) electrons. The second-order valence-corrected chi connectivity index (χ2v) is 7.15. The van der Waals surface area contributed by atoms with Gasteiger partial charge in [-0.25, -0.2) is 13.1 Å². The Bertz CT molecular complexity index is 656. The van der Waals surface area contributed by atoms with Gasteiger partial charge in [-0.2, -0.15) is 0 Å². The predicted octanol–water partition coefficient (Wildman–Crippen LogP) is 1.42. The average molecular weight is 341 g/mol. The van der Waals surface area contributed by atoms with E-state index in [2.05, 4.69) is 4.72 Å². The van der Waals surface area contributed by atoms with E-state index in [1.807, 2.05) is 13.0 Å². The molecule has 0 saturated heterocycles. The number of carbonyl (C=O) groups is 1. The first-order chi connectivity index (χ1) is 10.9. The van der Waals surface area contributed by atoms with E-state index in [1.165, 1.54) is 12.5 Å². The minimum atomic E-state index is -3.87. The first-order valence-corrected chi connectivity index (χ1v) is 9.30. The SMILES string of the molecule is CCOCCO[C@H](C)C(=O)NS(=O)(=O)c1ccc2c(c1)CCC2. The minimum Gasteiger partial charge on any atom is -0.379 e. The van der Waals surface area contributed by atoms with Crippen LogP contribution in [0.3, 0.4) is 0 Å². The number of rotatable bonds is 8. The van der Waals surface area contributed by atoms with Crippen LogP contribution in [0.2, 0.25) is 0 Å². The van der Waals surface area contributed by atoms with Crippen molar-refractivity contribution in [1.29, 1.82) is 0 Å². The number of aryl methyl sites for hydroxylation is 2. The van der Waals surface area contributed by atoms with E-state index < -0.39 is 22.0 Å². The van der Waals surface area contributed by atoms with Crippen molar-refractivity contribution in [3.63, 3.8) is 0 Å². The van der Waals surface area contributed by atoms with Crippen molar-refractivity contribution in [3.05, 3.63) is 29.3 Å². The summed E-state index contributed by atoms with van der Waals surface area (Å²) in [6, 6.07) is 5.02. The zero-order valence-electron chi connectivity index (χ0n) is 13.5. The molecule has 0 aliphatic heterocycles. The van der Waals surface area contributed by atoms with Gasteiger partial charge in [0.25, 0.3) is 15.9 Å². The predicted molar refractivity (Wildman–Crippen MR) is 85.7 cm³/mol. The molecule has 128 valence electrons. The van der Waals surface area contributed by atoms with Crippen LogP contribution in [0.1, 0.15) is 31.4 Å². The van der Waals surface area contributed by atoms with Gasteiger partial charge in [0.15, 0.2) is 0 Å². The maximum atomic E-state index is 12.3. The standard InChI is InChI=1S/C16H23NO5S/c1-3-21-9-10-22-12(2)16(18)17-23(19,20)15-8-7-13-5-4-6-14(13)11-15/h7-8,11-12H,3-6,9-10H2,1-2H3,(H,17,18)/t12-/m1/s1. The first kappa shape index (κ1) is 17.9. The second kappa shape index (κ2) is 7.90. The molecule has 6 nitrogen and oxygen atoms in total.